The van der Waals surface area contributed by atoms with E-state index in [1.165, 1.54) is 0 Å². The Labute approximate surface area is 126 Å². The van der Waals surface area contributed by atoms with Crippen LogP contribution in [0.15, 0.2) is 12.7 Å². The average molecular weight is 294 g/mol. The van der Waals surface area contributed by atoms with Crippen molar-refractivity contribution in [3.63, 3.8) is 0 Å². The van der Waals surface area contributed by atoms with Crippen LogP contribution in [-0.2, 0) is 14.3 Å². The van der Waals surface area contributed by atoms with Gasteiger partial charge in [0.25, 0.3) is 0 Å². The largest absolute Gasteiger partial charge is 0.481 e. The van der Waals surface area contributed by atoms with Crippen molar-refractivity contribution in [2.45, 2.75) is 63.9 Å². The van der Waals surface area contributed by atoms with Crippen molar-refractivity contribution in [3.05, 3.63) is 12.7 Å². The van der Waals surface area contributed by atoms with Crippen LogP contribution in [0.3, 0.4) is 0 Å². The van der Waals surface area contributed by atoms with Gasteiger partial charge in [0.2, 0.25) is 0 Å². The first-order chi connectivity index (χ1) is 10.1. The highest BCUT2D eigenvalue weighted by atomic mass is 16.5. The van der Waals surface area contributed by atoms with E-state index in [2.05, 4.69) is 6.58 Å². The second-order valence-electron chi connectivity index (χ2n) is 6.44. The first kappa shape index (κ1) is 16.1. The fraction of sp³-hybridized carbons (Fsp3) is 0.765. The molecule has 21 heavy (non-hydrogen) atoms. The zero-order valence-electron chi connectivity index (χ0n) is 12.6. The molecule has 2 rings (SSSR count). The van der Waals surface area contributed by atoms with Crippen LogP contribution in [0.25, 0.3) is 0 Å². The topological polar surface area (TPSA) is 63.6 Å². The molecule has 0 aromatic heterocycles. The number of rotatable bonds is 7. The van der Waals surface area contributed by atoms with Crippen LogP contribution in [-0.4, -0.2) is 23.1 Å². The van der Waals surface area contributed by atoms with Crippen LogP contribution >= 0.6 is 0 Å². The fourth-order valence-corrected chi connectivity index (χ4v) is 3.85. The summed E-state index contributed by atoms with van der Waals surface area (Å²) in [5.74, 6) is -1.26. The molecule has 0 aromatic rings. The number of esters is 1. The highest BCUT2D eigenvalue weighted by Crippen LogP contribution is 2.35. The predicted octanol–water partition coefficient (Wildman–Crippen LogP) is 3.56. The van der Waals surface area contributed by atoms with Crippen molar-refractivity contribution in [1.82, 2.24) is 0 Å². The summed E-state index contributed by atoms with van der Waals surface area (Å²) in [6.45, 7) is 3.74. The maximum atomic E-state index is 12.1. The maximum absolute atomic E-state index is 12.1. The van der Waals surface area contributed by atoms with Crippen molar-refractivity contribution < 1.29 is 19.4 Å². The third-order valence-corrected chi connectivity index (χ3v) is 5.01. The molecule has 0 aromatic carbocycles. The second-order valence-corrected chi connectivity index (χ2v) is 6.44. The molecule has 2 saturated carbocycles. The third-order valence-electron chi connectivity index (χ3n) is 5.01. The highest BCUT2D eigenvalue weighted by molar-refractivity contribution is 5.79. The van der Waals surface area contributed by atoms with Gasteiger partial charge in [-0.25, -0.2) is 0 Å². The summed E-state index contributed by atoms with van der Waals surface area (Å²) in [7, 11) is 0. The molecule has 0 unspecified atom stereocenters. The minimum absolute atomic E-state index is 0.0251. The average Bonchev–Trinajstić information content (AvgIpc) is 3.08. The Morgan fingerprint density at radius 2 is 1.90 bits per heavy atom. The molecule has 0 radical (unpaired) electrons. The Kier molecular flexibility index (Phi) is 5.83. The van der Waals surface area contributed by atoms with Crippen molar-refractivity contribution in [2.75, 3.05) is 0 Å². The van der Waals surface area contributed by atoms with Crippen LogP contribution < -0.4 is 0 Å². The zero-order valence-corrected chi connectivity index (χ0v) is 12.6. The van der Waals surface area contributed by atoms with Crippen molar-refractivity contribution in [1.29, 1.82) is 0 Å². The van der Waals surface area contributed by atoms with Gasteiger partial charge in [0.05, 0.1) is 12.3 Å². The number of aliphatic carboxylic acids is 1. The van der Waals surface area contributed by atoms with E-state index < -0.39 is 11.9 Å². The number of ether oxygens (including phenoxy) is 1. The van der Waals surface area contributed by atoms with E-state index in [9.17, 15) is 14.7 Å². The van der Waals surface area contributed by atoms with Crippen molar-refractivity contribution in [2.24, 2.45) is 17.8 Å². The van der Waals surface area contributed by atoms with Crippen LogP contribution in [0.1, 0.15) is 57.8 Å². The minimum atomic E-state index is -0.854. The van der Waals surface area contributed by atoms with Crippen LogP contribution in [0, 0.1) is 17.8 Å². The maximum Gasteiger partial charge on any atom is 0.307 e. The lowest BCUT2D eigenvalue weighted by atomic mass is 9.88. The van der Waals surface area contributed by atoms with E-state index in [0.29, 0.717) is 5.92 Å². The van der Waals surface area contributed by atoms with Gasteiger partial charge in [0.1, 0.15) is 6.10 Å². The van der Waals surface area contributed by atoms with Gasteiger partial charge in [0, 0.05) is 0 Å². The predicted molar refractivity (Wildman–Crippen MR) is 79.7 cm³/mol. The summed E-state index contributed by atoms with van der Waals surface area (Å²) >= 11 is 0. The molecular formula is C17H26O4. The third kappa shape index (κ3) is 4.32. The molecule has 0 spiro atoms. The van der Waals surface area contributed by atoms with Crippen molar-refractivity contribution in [3.8, 4) is 0 Å². The quantitative estimate of drug-likeness (QED) is 0.576. The molecule has 0 saturated heterocycles. The minimum Gasteiger partial charge on any atom is -0.481 e. The number of allylic oxidation sites excluding steroid dienone is 1. The van der Waals surface area contributed by atoms with E-state index in [1.807, 2.05) is 6.08 Å². The monoisotopic (exact) mass is 294 g/mol. The molecule has 2 aliphatic rings. The molecule has 4 heteroatoms. The molecule has 0 aliphatic heterocycles. The van der Waals surface area contributed by atoms with Crippen molar-refractivity contribution >= 4 is 11.9 Å². The lowest BCUT2D eigenvalue weighted by molar-refractivity contribution is -0.157. The van der Waals surface area contributed by atoms with E-state index in [0.717, 1.165) is 51.4 Å². The Balaban J connectivity index is 1.87. The summed E-state index contributed by atoms with van der Waals surface area (Å²) in [6.07, 6.45) is 9.74. The molecule has 3 atom stereocenters. The molecule has 118 valence electrons. The molecule has 0 amide bonds. The summed E-state index contributed by atoms with van der Waals surface area (Å²) in [6, 6.07) is 0. The summed E-state index contributed by atoms with van der Waals surface area (Å²) in [5, 5.41) is 9.36. The Bertz CT molecular complexity index is 384. The Hall–Kier alpha value is -1.32. The van der Waals surface area contributed by atoms with Gasteiger partial charge < -0.3 is 9.84 Å². The molecule has 1 N–H and O–H groups in total. The first-order valence-electron chi connectivity index (χ1n) is 8.15. The van der Waals surface area contributed by atoms with E-state index in [4.69, 9.17) is 4.74 Å². The number of carbonyl (C=O) groups excluding carboxylic acids is 1. The standard InChI is InChI=1S/C17H26O4/c1-2-6-13-9-5-10-15(13)21-16(18)11-14(17(19)20)12-7-3-4-8-12/h2,12-15H,1,3-11H2,(H,19,20)/t13-,14+,15-/m1/s1. The molecule has 0 heterocycles. The van der Waals surface area contributed by atoms with Crippen LogP contribution in [0.4, 0.5) is 0 Å². The smallest absolute Gasteiger partial charge is 0.307 e. The second kappa shape index (κ2) is 7.62. The van der Waals surface area contributed by atoms with Gasteiger partial charge in [-0.3, -0.25) is 9.59 Å². The number of carbonyl (C=O) groups is 2. The van der Waals surface area contributed by atoms with Crippen LogP contribution in [0.5, 0.6) is 0 Å². The first-order valence-corrected chi connectivity index (χ1v) is 8.15. The summed E-state index contributed by atoms with van der Waals surface area (Å²) < 4.78 is 5.57. The number of carboxylic acid groups (broad SMARTS) is 1. The van der Waals surface area contributed by atoms with E-state index in [-0.39, 0.29) is 24.4 Å². The highest BCUT2D eigenvalue weighted by Gasteiger charge is 2.35. The molecule has 0 bridgehead atoms. The number of carboxylic acids is 1. The van der Waals surface area contributed by atoms with Gasteiger partial charge >= 0.3 is 11.9 Å². The molecule has 2 aliphatic carbocycles. The van der Waals surface area contributed by atoms with E-state index in [1.54, 1.807) is 0 Å². The number of hydrogen-bond donors (Lipinski definition) is 1. The SMILES string of the molecule is C=CC[C@@H]1CCC[C@H]1OC(=O)C[C@H](C(=O)O)C1CCCC1. The van der Waals surface area contributed by atoms with Gasteiger partial charge in [-0.05, 0) is 50.4 Å². The van der Waals surface area contributed by atoms with Gasteiger partial charge in [-0.2, -0.15) is 0 Å². The van der Waals surface area contributed by atoms with Gasteiger partial charge in [-0.15, -0.1) is 6.58 Å². The molecule has 2 fully saturated rings. The summed E-state index contributed by atoms with van der Waals surface area (Å²) in [4.78, 5) is 23.5. The summed E-state index contributed by atoms with van der Waals surface area (Å²) in [5.41, 5.74) is 0. The zero-order chi connectivity index (χ0) is 15.2. The lowest BCUT2D eigenvalue weighted by Gasteiger charge is -2.22. The van der Waals surface area contributed by atoms with E-state index >= 15 is 0 Å². The van der Waals surface area contributed by atoms with Crippen LogP contribution in [0.2, 0.25) is 0 Å². The number of hydrogen-bond acceptors (Lipinski definition) is 3. The normalized spacial score (nSPS) is 27.4. The molecule has 4 nitrogen and oxygen atoms in total. The van der Waals surface area contributed by atoms with Gasteiger partial charge in [0.15, 0.2) is 0 Å². The molecular weight excluding hydrogens is 268 g/mol. The fourth-order valence-electron chi connectivity index (χ4n) is 3.85. The Morgan fingerprint density at radius 1 is 1.19 bits per heavy atom. The van der Waals surface area contributed by atoms with Gasteiger partial charge in [-0.1, -0.05) is 18.9 Å². The Morgan fingerprint density at radius 3 is 2.52 bits per heavy atom. The lowest BCUT2D eigenvalue weighted by Crippen LogP contribution is -2.28.